The lowest BCUT2D eigenvalue weighted by molar-refractivity contribution is -0.115. The summed E-state index contributed by atoms with van der Waals surface area (Å²) >= 11 is 1.42. The molecule has 30 heavy (non-hydrogen) atoms. The minimum Gasteiger partial charge on any atom is -0.373 e. The minimum absolute atomic E-state index is 0.161. The van der Waals surface area contributed by atoms with E-state index in [2.05, 4.69) is 39.1 Å². The maximum atomic E-state index is 12.6. The summed E-state index contributed by atoms with van der Waals surface area (Å²) in [5.74, 6) is -0.161. The van der Waals surface area contributed by atoms with Crippen molar-refractivity contribution in [2.75, 3.05) is 18.4 Å². The molecule has 1 saturated heterocycles. The van der Waals surface area contributed by atoms with E-state index in [-0.39, 0.29) is 30.1 Å². The van der Waals surface area contributed by atoms with Gasteiger partial charge in [-0.2, -0.15) is 0 Å². The van der Waals surface area contributed by atoms with Crippen molar-refractivity contribution in [3.63, 3.8) is 0 Å². The molecule has 2 N–H and O–H groups in total. The number of hydrogen-bond acceptors (Lipinski definition) is 7. The van der Waals surface area contributed by atoms with Gasteiger partial charge in [-0.3, -0.25) is 19.6 Å². The molecule has 1 fully saturated rings. The Morgan fingerprint density at radius 2 is 2.03 bits per heavy atom. The van der Waals surface area contributed by atoms with Gasteiger partial charge in [0.05, 0.1) is 24.3 Å². The summed E-state index contributed by atoms with van der Waals surface area (Å²) in [6.45, 7) is 10.4. The van der Waals surface area contributed by atoms with Gasteiger partial charge in [0.1, 0.15) is 0 Å². The van der Waals surface area contributed by atoms with Crippen LogP contribution in [0.1, 0.15) is 36.5 Å². The molecule has 2 atom stereocenters. The second-order valence-electron chi connectivity index (χ2n) is 7.90. The number of fused-ring (bicyclic) bond motifs is 1. The highest BCUT2D eigenvalue weighted by molar-refractivity contribution is 7.13. The fraction of sp³-hybridized carbons (Fsp3) is 0.500. The molecule has 0 bridgehead atoms. The number of anilines is 1. The fourth-order valence-corrected chi connectivity index (χ4v) is 4.73. The van der Waals surface area contributed by atoms with Crippen LogP contribution in [-0.4, -0.2) is 55.7 Å². The van der Waals surface area contributed by atoms with E-state index in [9.17, 15) is 9.59 Å². The van der Waals surface area contributed by atoms with E-state index in [1.165, 1.54) is 17.4 Å². The van der Waals surface area contributed by atoms with Crippen molar-refractivity contribution in [1.82, 2.24) is 24.5 Å². The van der Waals surface area contributed by atoms with E-state index in [4.69, 9.17) is 4.74 Å². The molecule has 3 aromatic rings. The fourth-order valence-electron chi connectivity index (χ4n) is 4.02. The maximum absolute atomic E-state index is 12.6. The Morgan fingerprint density at radius 1 is 1.30 bits per heavy atom. The van der Waals surface area contributed by atoms with Crippen molar-refractivity contribution in [2.24, 2.45) is 0 Å². The Bertz CT molecular complexity index is 1120. The van der Waals surface area contributed by atoms with Gasteiger partial charge in [-0.25, -0.2) is 14.5 Å². The van der Waals surface area contributed by atoms with Crippen LogP contribution < -0.4 is 10.9 Å². The number of morpholine rings is 1. The van der Waals surface area contributed by atoms with Gasteiger partial charge in [-0.1, -0.05) is 0 Å². The molecular weight excluding hydrogens is 404 g/mol. The number of aromatic amines is 1. The van der Waals surface area contributed by atoms with E-state index in [0.29, 0.717) is 10.8 Å². The molecule has 2 unspecified atom stereocenters. The lowest BCUT2D eigenvalue weighted by atomic mass is 10.1. The summed E-state index contributed by atoms with van der Waals surface area (Å²) in [7, 11) is 0. The number of aryl methyl sites for hydroxylation is 2. The van der Waals surface area contributed by atoms with Crippen molar-refractivity contribution < 1.29 is 9.53 Å². The second kappa shape index (κ2) is 8.29. The molecule has 3 aromatic heterocycles. The van der Waals surface area contributed by atoms with E-state index in [1.54, 1.807) is 4.52 Å². The number of aromatic nitrogens is 4. The van der Waals surface area contributed by atoms with Gasteiger partial charge >= 0.3 is 0 Å². The first-order valence-corrected chi connectivity index (χ1v) is 10.9. The summed E-state index contributed by atoms with van der Waals surface area (Å²) in [5.41, 5.74) is 3.60. The van der Waals surface area contributed by atoms with Crippen LogP contribution in [0.2, 0.25) is 0 Å². The number of amides is 1. The average molecular weight is 431 g/mol. The van der Waals surface area contributed by atoms with E-state index in [1.807, 2.05) is 19.2 Å². The van der Waals surface area contributed by atoms with Crippen molar-refractivity contribution in [2.45, 2.75) is 52.9 Å². The lowest BCUT2D eigenvalue weighted by Crippen LogP contribution is -2.44. The predicted octanol–water partition coefficient (Wildman–Crippen LogP) is 1.89. The van der Waals surface area contributed by atoms with Gasteiger partial charge in [-0.05, 0) is 27.7 Å². The molecule has 1 aliphatic heterocycles. The normalized spacial score (nSPS) is 20.0. The Hall–Kier alpha value is -2.56. The summed E-state index contributed by atoms with van der Waals surface area (Å²) in [4.78, 5) is 35.5. The van der Waals surface area contributed by atoms with Gasteiger partial charge < -0.3 is 10.1 Å². The SMILES string of the molecule is Cc1nc2cc(=O)[nH]n2c(C)c1CC(=O)Nc1nc(CN2CC(C)OC(C)C2)cs1. The summed E-state index contributed by atoms with van der Waals surface area (Å²) in [6.07, 6.45) is 0.576. The summed E-state index contributed by atoms with van der Waals surface area (Å²) in [5, 5.41) is 8.17. The molecule has 160 valence electrons. The molecule has 0 aromatic carbocycles. The molecule has 0 saturated carbocycles. The van der Waals surface area contributed by atoms with Gasteiger partial charge in [0.25, 0.3) is 5.56 Å². The first-order valence-electron chi connectivity index (χ1n) is 9.98. The standard InChI is InChI=1S/C20H26N6O3S/c1-11-7-25(8-12(2)29-11)9-15-10-30-20(22-15)23-18(27)5-16-13(3)21-17-6-19(28)24-26(17)14(16)4/h6,10-12H,5,7-9H2,1-4H3,(H,24,28)(H,22,23,27). The monoisotopic (exact) mass is 430 g/mol. The summed E-state index contributed by atoms with van der Waals surface area (Å²) < 4.78 is 7.39. The van der Waals surface area contributed by atoms with Crippen LogP contribution in [0.25, 0.3) is 5.65 Å². The van der Waals surface area contributed by atoms with Crippen molar-refractivity contribution in [3.05, 3.63) is 44.4 Å². The maximum Gasteiger partial charge on any atom is 0.266 e. The molecular formula is C20H26N6O3S. The third-order valence-corrected chi connectivity index (χ3v) is 6.03. The summed E-state index contributed by atoms with van der Waals surface area (Å²) in [6, 6.07) is 1.44. The lowest BCUT2D eigenvalue weighted by Gasteiger charge is -2.34. The average Bonchev–Trinajstić information content (AvgIpc) is 3.23. The number of thiazole rings is 1. The Labute approximate surface area is 178 Å². The van der Waals surface area contributed by atoms with Crippen LogP contribution >= 0.6 is 11.3 Å². The Kier molecular flexibility index (Phi) is 5.72. The first-order chi connectivity index (χ1) is 14.3. The van der Waals surface area contributed by atoms with Gasteiger partial charge in [0.15, 0.2) is 10.8 Å². The number of nitrogens with zero attached hydrogens (tertiary/aromatic N) is 4. The number of carbonyl (C=O) groups is 1. The molecule has 1 aliphatic rings. The van der Waals surface area contributed by atoms with Crippen molar-refractivity contribution in [1.29, 1.82) is 0 Å². The van der Waals surface area contributed by atoms with Gasteiger partial charge in [0, 0.05) is 48.0 Å². The van der Waals surface area contributed by atoms with Crippen LogP contribution in [0.5, 0.6) is 0 Å². The largest absolute Gasteiger partial charge is 0.373 e. The van der Waals surface area contributed by atoms with Crippen molar-refractivity contribution >= 4 is 28.0 Å². The zero-order valence-electron chi connectivity index (χ0n) is 17.6. The van der Waals surface area contributed by atoms with E-state index in [0.717, 1.165) is 42.3 Å². The van der Waals surface area contributed by atoms with Crippen LogP contribution in [0, 0.1) is 13.8 Å². The molecule has 9 nitrogen and oxygen atoms in total. The second-order valence-corrected chi connectivity index (χ2v) is 8.75. The van der Waals surface area contributed by atoms with E-state index < -0.39 is 0 Å². The molecule has 4 heterocycles. The molecule has 0 spiro atoms. The zero-order chi connectivity index (χ0) is 21.4. The molecule has 0 radical (unpaired) electrons. The van der Waals surface area contributed by atoms with Crippen LogP contribution in [0.15, 0.2) is 16.2 Å². The number of ether oxygens (including phenoxy) is 1. The smallest absolute Gasteiger partial charge is 0.266 e. The van der Waals surface area contributed by atoms with Crippen LogP contribution in [0.4, 0.5) is 5.13 Å². The zero-order valence-corrected chi connectivity index (χ0v) is 18.4. The number of rotatable bonds is 5. The number of H-pyrrole nitrogens is 1. The Morgan fingerprint density at radius 3 is 2.77 bits per heavy atom. The predicted molar refractivity (Wildman–Crippen MR) is 115 cm³/mol. The first kappa shape index (κ1) is 20.7. The van der Waals surface area contributed by atoms with Crippen LogP contribution in [0.3, 0.4) is 0 Å². The van der Waals surface area contributed by atoms with Gasteiger partial charge in [-0.15, -0.1) is 11.3 Å². The molecule has 0 aliphatic carbocycles. The van der Waals surface area contributed by atoms with E-state index >= 15 is 0 Å². The highest BCUT2D eigenvalue weighted by Crippen LogP contribution is 2.20. The third kappa shape index (κ3) is 4.45. The van der Waals surface area contributed by atoms with Crippen LogP contribution in [-0.2, 0) is 22.5 Å². The van der Waals surface area contributed by atoms with Gasteiger partial charge in [0.2, 0.25) is 5.91 Å². The molecule has 10 heteroatoms. The third-order valence-electron chi connectivity index (χ3n) is 5.22. The highest BCUT2D eigenvalue weighted by Gasteiger charge is 2.23. The quantitative estimate of drug-likeness (QED) is 0.641. The molecule has 1 amide bonds. The highest BCUT2D eigenvalue weighted by atomic mass is 32.1. The minimum atomic E-state index is -0.217. The molecule has 4 rings (SSSR count). The number of carbonyl (C=O) groups excluding carboxylic acids is 1. The Balaban J connectivity index is 1.41. The number of hydrogen-bond donors (Lipinski definition) is 2. The van der Waals surface area contributed by atoms with Crippen molar-refractivity contribution in [3.8, 4) is 0 Å². The topological polar surface area (TPSA) is 105 Å². The number of nitrogens with one attached hydrogen (secondary N) is 2.